The molecule has 0 atom stereocenters. The van der Waals surface area contributed by atoms with Gasteiger partial charge in [0, 0.05) is 12.3 Å². The highest BCUT2D eigenvalue weighted by atomic mass is 16.5. The first-order valence-electron chi connectivity index (χ1n) is 5.94. The minimum absolute atomic E-state index is 0.300. The maximum Gasteiger partial charge on any atom is 0.0658 e. The molecule has 2 aromatic rings. The van der Waals surface area contributed by atoms with Gasteiger partial charge in [0.1, 0.15) is 0 Å². The highest BCUT2D eigenvalue weighted by molar-refractivity contribution is 6.05. The van der Waals surface area contributed by atoms with E-state index in [0.717, 1.165) is 16.5 Å². The highest BCUT2D eigenvalue weighted by Gasteiger charge is 2.16. The number of benzene rings is 2. The molecule has 90 valence electrons. The van der Waals surface area contributed by atoms with Gasteiger partial charge >= 0.3 is 0 Å². The van der Waals surface area contributed by atoms with Crippen LogP contribution in [-0.4, -0.2) is 29.1 Å². The molecule has 0 unspecified atom stereocenters. The quantitative estimate of drug-likeness (QED) is 0.802. The van der Waals surface area contributed by atoms with Crippen molar-refractivity contribution in [3.63, 3.8) is 0 Å². The summed E-state index contributed by atoms with van der Waals surface area (Å²) in [6.45, 7) is 0.769. The fraction of sp³-hybridized carbons (Fsp3) is 0.133. The monoisotopic (exact) mass is 238 g/mol. The molecule has 3 nitrogen and oxygen atoms in total. The molecule has 1 aliphatic rings. The molecule has 3 rings (SSSR count). The standard InChI is InChI=1S/C15H14N2O/c16-13-8-12(9-17(18)10-13)15-7-3-5-11-4-1-2-6-14(11)15/h1-8,16,18H,9-10H2. The van der Waals surface area contributed by atoms with Crippen molar-refractivity contribution in [1.29, 1.82) is 5.41 Å². The van der Waals surface area contributed by atoms with E-state index < -0.39 is 0 Å². The summed E-state index contributed by atoms with van der Waals surface area (Å²) in [6.07, 6.45) is 1.86. The van der Waals surface area contributed by atoms with Crippen LogP contribution >= 0.6 is 0 Å². The number of hydroxylamine groups is 2. The second-order valence-corrected chi connectivity index (χ2v) is 4.54. The molecule has 0 saturated carbocycles. The Balaban J connectivity index is 2.17. The summed E-state index contributed by atoms with van der Waals surface area (Å²) in [5, 5.41) is 20.9. The Bertz CT molecular complexity index is 640. The number of hydrogen-bond donors (Lipinski definition) is 2. The van der Waals surface area contributed by atoms with E-state index in [-0.39, 0.29) is 0 Å². The van der Waals surface area contributed by atoms with Crippen molar-refractivity contribution < 1.29 is 5.21 Å². The molecule has 0 fully saturated rings. The molecule has 0 radical (unpaired) electrons. The van der Waals surface area contributed by atoms with Crippen LogP contribution in [0.5, 0.6) is 0 Å². The van der Waals surface area contributed by atoms with E-state index >= 15 is 0 Å². The van der Waals surface area contributed by atoms with E-state index in [2.05, 4.69) is 18.2 Å². The van der Waals surface area contributed by atoms with E-state index in [4.69, 9.17) is 5.41 Å². The van der Waals surface area contributed by atoms with Crippen LogP contribution in [-0.2, 0) is 0 Å². The van der Waals surface area contributed by atoms with Crippen LogP contribution in [0.3, 0.4) is 0 Å². The van der Waals surface area contributed by atoms with Crippen LogP contribution in [0, 0.1) is 5.41 Å². The zero-order valence-corrected chi connectivity index (χ0v) is 9.93. The summed E-state index contributed by atoms with van der Waals surface area (Å²) in [5.74, 6) is 0. The Hall–Kier alpha value is -1.97. The van der Waals surface area contributed by atoms with Crippen molar-refractivity contribution in [2.75, 3.05) is 13.1 Å². The molecule has 0 amide bonds. The average Bonchev–Trinajstić information content (AvgIpc) is 2.37. The highest BCUT2D eigenvalue weighted by Crippen LogP contribution is 2.26. The second-order valence-electron chi connectivity index (χ2n) is 4.54. The largest absolute Gasteiger partial charge is 0.313 e. The zero-order chi connectivity index (χ0) is 12.5. The summed E-state index contributed by atoms with van der Waals surface area (Å²) in [5.41, 5.74) is 2.52. The van der Waals surface area contributed by atoms with Gasteiger partial charge in [0.25, 0.3) is 0 Å². The minimum Gasteiger partial charge on any atom is -0.313 e. The lowest BCUT2D eigenvalue weighted by molar-refractivity contribution is -0.0642. The van der Waals surface area contributed by atoms with Crippen molar-refractivity contribution in [2.45, 2.75) is 0 Å². The number of fused-ring (bicyclic) bond motifs is 1. The molecule has 0 aliphatic carbocycles. The predicted molar refractivity (Wildman–Crippen MR) is 73.0 cm³/mol. The Labute approximate surface area is 105 Å². The van der Waals surface area contributed by atoms with Gasteiger partial charge in [-0.1, -0.05) is 42.5 Å². The zero-order valence-electron chi connectivity index (χ0n) is 9.93. The summed E-state index contributed by atoms with van der Waals surface area (Å²) >= 11 is 0. The number of hydrogen-bond acceptors (Lipinski definition) is 3. The van der Waals surface area contributed by atoms with Crippen molar-refractivity contribution >= 4 is 22.1 Å². The topological polar surface area (TPSA) is 47.3 Å². The van der Waals surface area contributed by atoms with Crippen molar-refractivity contribution in [3.05, 3.63) is 54.1 Å². The molecular formula is C15H14N2O. The first-order chi connectivity index (χ1) is 8.74. The van der Waals surface area contributed by atoms with E-state index in [1.165, 1.54) is 10.4 Å². The molecule has 0 saturated heterocycles. The molecule has 3 heteroatoms. The Morgan fingerprint density at radius 2 is 1.78 bits per heavy atom. The fourth-order valence-electron chi connectivity index (χ4n) is 2.42. The van der Waals surface area contributed by atoms with Gasteiger partial charge in [-0.05, 0) is 28.0 Å². The van der Waals surface area contributed by atoms with E-state index in [0.29, 0.717) is 18.8 Å². The second kappa shape index (κ2) is 4.37. The van der Waals surface area contributed by atoms with Crippen molar-refractivity contribution in [3.8, 4) is 0 Å². The van der Waals surface area contributed by atoms with Gasteiger partial charge in [0.2, 0.25) is 0 Å². The van der Waals surface area contributed by atoms with Gasteiger partial charge in [-0.3, -0.25) is 0 Å². The molecule has 2 aromatic carbocycles. The summed E-state index contributed by atoms with van der Waals surface area (Å²) in [4.78, 5) is 0. The fourth-order valence-corrected chi connectivity index (χ4v) is 2.42. The van der Waals surface area contributed by atoms with Gasteiger partial charge in [0.05, 0.1) is 6.54 Å². The van der Waals surface area contributed by atoms with Gasteiger partial charge < -0.3 is 10.6 Å². The average molecular weight is 238 g/mol. The Morgan fingerprint density at radius 1 is 1.00 bits per heavy atom. The Kier molecular flexibility index (Phi) is 2.70. The van der Waals surface area contributed by atoms with Crippen LogP contribution in [0.4, 0.5) is 0 Å². The minimum atomic E-state index is 0.300. The van der Waals surface area contributed by atoms with Crippen LogP contribution in [0.1, 0.15) is 5.56 Å². The maximum atomic E-state index is 9.64. The van der Waals surface area contributed by atoms with Gasteiger partial charge in [0.15, 0.2) is 0 Å². The van der Waals surface area contributed by atoms with Gasteiger partial charge in [-0.2, -0.15) is 5.06 Å². The van der Waals surface area contributed by atoms with E-state index in [1.54, 1.807) is 0 Å². The lowest BCUT2D eigenvalue weighted by Gasteiger charge is -2.22. The normalized spacial score (nSPS) is 16.9. The number of nitrogens with one attached hydrogen (secondary N) is 1. The van der Waals surface area contributed by atoms with Crippen LogP contribution in [0.2, 0.25) is 0 Å². The molecule has 2 N–H and O–H groups in total. The molecule has 18 heavy (non-hydrogen) atoms. The number of rotatable bonds is 1. The van der Waals surface area contributed by atoms with Gasteiger partial charge in [-0.25, -0.2) is 0 Å². The Morgan fingerprint density at radius 3 is 2.61 bits per heavy atom. The SMILES string of the molecule is N=C1C=C(c2cccc3ccccc23)CN(O)C1. The first-order valence-corrected chi connectivity index (χ1v) is 5.94. The molecule has 0 bridgehead atoms. The van der Waals surface area contributed by atoms with E-state index in [9.17, 15) is 5.21 Å². The summed E-state index contributed by atoms with van der Waals surface area (Å²) in [6, 6.07) is 14.3. The summed E-state index contributed by atoms with van der Waals surface area (Å²) in [7, 11) is 0. The lowest BCUT2D eigenvalue weighted by atomic mass is 9.95. The third kappa shape index (κ3) is 1.94. The first kappa shape index (κ1) is 11.1. The van der Waals surface area contributed by atoms with Crippen molar-refractivity contribution in [1.82, 2.24) is 5.06 Å². The lowest BCUT2D eigenvalue weighted by Crippen LogP contribution is -2.31. The summed E-state index contributed by atoms with van der Waals surface area (Å²) < 4.78 is 0. The molecular weight excluding hydrogens is 224 g/mol. The molecule has 1 aliphatic heterocycles. The van der Waals surface area contributed by atoms with Gasteiger partial charge in [-0.15, -0.1) is 0 Å². The molecule has 0 spiro atoms. The predicted octanol–water partition coefficient (Wildman–Crippen LogP) is 2.95. The van der Waals surface area contributed by atoms with Crippen LogP contribution < -0.4 is 0 Å². The number of nitrogens with zero attached hydrogens (tertiary/aromatic N) is 1. The molecule has 0 aromatic heterocycles. The van der Waals surface area contributed by atoms with Crippen LogP contribution in [0.25, 0.3) is 16.3 Å². The van der Waals surface area contributed by atoms with Crippen LogP contribution in [0.15, 0.2) is 48.5 Å². The smallest absolute Gasteiger partial charge is 0.0658 e. The third-order valence-electron chi connectivity index (χ3n) is 3.19. The van der Waals surface area contributed by atoms with E-state index in [1.807, 2.05) is 30.3 Å². The maximum absolute atomic E-state index is 9.64. The third-order valence-corrected chi connectivity index (χ3v) is 3.19. The molecule has 1 heterocycles. The van der Waals surface area contributed by atoms with Crippen molar-refractivity contribution in [2.24, 2.45) is 0 Å².